The summed E-state index contributed by atoms with van der Waals surface area (Å²) in [6.45, 7) is 4.65. The van der Waals surface area contributed by atoms with Crippen LogP contribution in [0.2, 0.25) is 10.0 Å². The first-order valence-corrected chi connectivity index (χ1v) is 22.0. The van der Waals surface area contributed by atoms with Crippen LogP contribution in [0.4, 0.5) is 4.79 Å². The number of rotatable bonds is 11. The van der Waals surface area contributed by atoms with E-state index in [1.807, 2.05) is 105 Å². The lowest BCUT2D eigenvalue weighted by Gasteiger charge is -2.38. The van der Waals surface area contributed by atoms with Crippen molar-refractivity contribution < 1.29 is 33.7 Å². The molecule has 11 nitrogen and oxygen atoms in total. The van der Waals surface area contributed by atoms with Crippen molar-refractivity contribution in [3.63, 3.8) is 0 Å². The molecule has 64 heavy (non-hydrogen) atoms. The average Bonchev–Trinajstić information content (AvgIpc) is 3.71. The number of pyridine rings is 1. The van der Waals surface area contributed by atoms with Crippen molar-refractivity contribution in [2.45, 2.75) is 76.9 Å². The summed E-state index contributed by atoms with van der Waals surface area (Å²) in [7, 11) is 0. The van der Waals surface area contributed by atoms with Crippen LogP contribution in [-0.4, -0.2) is 51.6 Å². The van der Waals surface area contributed by atoms with E-state index in [-0.39, 0.29) is 32.0 Å². The first-order valence-electron chi connectivity index (χ1n) is 21.3. The Morgan fingerprint density at radius 1 is 0.875 bits per heavy atom. The van der Waals surface area contributed by atoms with Gasteiger partial charge in [0.15, 0.2) is 17.6 Å². The number of hydrogen-bond acceptors (Lipinski definition) is 7. The number of halogens is 2. The largest absolute Gasteiger partial charge is 0.489 e. The quantitative estimate of drug-likeness (QED) is 0.117. The molecular weight excluding hydrogens is 851 g/mol. The molecule has 3 aliphatic rings. The standard InChI is InChI=1S/C51H46Cl2N4O7/c1-29-30(2)54-20-19-39(29)34-10-7-31(8-11-34)22-44(50(59)60)55-49(58)45-23-36-24-46-47(25-37(36)26-57(45)51(61)56-43-18-14-33-5-3-4-6-40(33)43)64-48(28-63-46)35-12-15-38(16-13-35)62-27-32-9-17-41(52)42(53)21-32/h3-13,15-17,19-21,24-25,43-45,48H,14,18,22-23,26-28H2,1-2H3,(H,55,58)(H,56,61)(H,59,60)/t43?,44-,45-,48+/m0/s1. The smallest absolute Gasteiger partial charge is 0.326 e. The van der Waals surface area contributed by atoms with E-state index < -0.39 is 36.1 Å². The molecule has 0 saturated heterocycles. The fourth-order valence-corrected chi connectivity index (χ4v) is 9.07. The zero-order chi connectivity index (χ0) is 44.5. The number of nitrogens with one attached hydrogen (secondary N) is 2. The fraction of sp³-hybridized carbons (Fsp3) is 0.255. The SMILES string of the molecule is Cc1nccc(-c2ccc(C[C@H](NC(=O)[C@@H]3Cc4cc5c(cc4CN3C(=O)NC3CCc4ccccc43)O[C@@H](c3ccc(OCc4ccc(Cl)c(Cl)c4)cc3)CO5)C(=O)O)cc2)c1C. The molecule has 3 N–H and O–H groups in total. The maximum atomic E-state index is 14.3. The van der Waals surface area contributed by atoms with Gasteiger partial charge < -0.3 is 34.9 Å². The number of hydrogen-bond donors (Lipinski definition) is 3. The van der Waals surface area contributed by atoms with Gasteiger partial charge in [0, 0.05) is 31.3 Å². The van der Waals surface area contributed by atoms with Gasteiger partial charge in [-0.25, -0.2) is 9.59 Å². The predicted octanol–water partition coefficient (Wildman–Crippen LogP) is 9.70. The van der Waals surface area contributed by atoms with Gasteiger partial charge in [0.1, 0.15) is 31.0 Å². The van der Waals surface area contributed by atoms with Crippen LogP contribution in [0.15, 0.2) is 115 Å². The van der Waals surface area contributed by atoms with Gasteiger partial charge in [-0.15, -0.1) is 0 Å². The summed E-state index contributed by atoms with van der Waals surface area (Å²) in [5, 5.41) is 17.3. The van der Waals surface area contributed by atoms with Crippen LogP contribution < -0.4 is 24.8 Å². The first-order chi connectivity index (χ1) is 31.0. The van der Waals surface area contributed by atoms with Crippen LogP contribution in [-0.2, 0) is 42.0 Å². The highest BCUT2D eigenvalue weighted by molar-refractivity contribution is 6.42. The lowest BCUT2D eigenvalue weighted by Crippen LogP contribution is -2.58. The van der Waals surface area contributed by atoms with Crippen molar-refractivity contribution in [2.24, 2.45) is 0 Å². The Morgan fingerprint density at radius 2 is 1.64 bits per heavy atom. The maximum absolute atomic E-state index is 14.3. The molecule has 4 atom stereocenters. The molecule has 1 aliphatic carbocycles. The Balaban J connectivity index is 0.921. The van der Waals surface area contributed by atoms with Gasteiger partial charge in [-0.3, -0.25) is 9.78 Å². The van der Waals surface area contributed by atoms with Crippen LogP contribution in [0.1, 0.15) is 68.8 Å². The normalized spacial score (nSPS) is 17.8. The second-order valence-corrected chi connectivity index (χ2v) is 17.4. The van der Waals surface area contributed by atoms with E-state index >= 15 is 0 Å². The molecule has 2 aliphatic heterocycles. The molecule has 3 heterocycles. The number of carbonyl (C=O) groups excluding carboxylic acids is 2. The number of carboxylic acid groups (broad SMARTS) is 1. The lowest BCUT2D eigenvalue weighted by atomic mass is 9.92. The number of carboxylic acids is 1. The molecule has 1 aromatic heterocycles. The highest BCUT2D eigenvalue weighted by Gasteiger charge is 2.39. The topological polar surface area (TPSA) is 139 Å². The fourth-order valence-electron chi connectivity index (χ4n) is 8.75. The number of urea groups is 1. The van der Waals surface area contributed by atoms with Crippen molar-refractivity contribution in [1.29, 1.82) is 0 Å². The van der Waals surface area contributed by atoms with E-state index in [2.05, 4.69) is 21.7 Å². The predicted molar refractivity (Wildman–Crippen MR) is 244 cm³/mol. The molecule has 9 rings (SSSR count). The van der Waals surface area contributed by atoms with Crippen molar-refractivity contribution in [2.75, 3.05) is 6.61 Å². The van der Waals surface area contributed by atoms with E-state index in [9.17, 15) is 19.5 Å². The zero-order valence-corrected chi connectivity index (χ0v) is 36.8. The number of ether oxygens (including phenoxy) is 3. The molecule has 0 saturated carbocycles. The highest BCUT2D eigenvalue weighted by atomic mass is 35.5. The van der Waals surface area contributed by atoms with E-state index in [1.54, 1.807) is 18.3 Å². The summed E-state index contributed by atoms with van der Waals surface area (Å²) in [6.07, 6.45) is 3.12. The second-order valence-electron chi connectivity index (χ2n) is 16.5. The molecule has 13 heteroatoms. The zero-order valence-electron chi connectivity index (χ0n) is 35.3. The lowest BCUT2D eigenvalue weighted by molar-refractivity contribution is -0.142. The number of aliphatic carboxylic acids is 1. The molecule has 3 amide bonds. The van der Waals surface area contributed by atoms with Gasteiger partial charge in [0.2, 0.25) is 5.91 Å². The Bertz CT molecular complexity index is 2750. The van der Waals surface area contributed by atoms with E-state index in [4.69, 9.17) is 37.4 Å². The number of aromatic nitrogens is 1. The van der Waals surface area contributed by atoms with Crippen LogP contribution >= 0.6 is 23.2 Å². The maximum Gasteiger partial charge on any atom is 0.326 e. The number of amides is 3. The summed E-state index contributed by atoms with van der Waals surface area (Å²) >= 11 is 12.2. The molecule has 5 aromatic carbocycles. The molecule has 0 bridgehead atoms. The van der Waals surface area contributed by atoms with E-state index in [0.717, 1.165) is 68.6 Å². The molecule has 0 fully saturated rings. The minimum Gasteiger partial charge on any atom is -0.489 e. The first kappa shape index (κ1) is 42.7. The van der Waals surface area contributed by atoms with Crippen molar-refractivity contribution in [3.05, 3.63) is 176 Å². The Labute approximate surface area is 381 Å². The van der Waals surface area contributed by atoms with Gasteiger partial charge in [-0.2, -0.15) is 0 Å². The minimum atomic E-state index is -1.24. The third-order valence-corrected chi connectivity index (χ3v) is 13.2. The van der Waals surface area contributed by atoms with Crippen LogP contribution in [0, 0.1) is 13.8 Å². The Morgan fingerprint density at radius 3 is 2.42 bits per heavy atom. The van der Waals surface area contributed by atoms with E-state index in [0.29, 0.717) is 33.9 Å². The minimum absolute atomic E-state index is 0.0540. The molecule has 0 radical (unpaired) electrons. The average molecular weight is 898 g/mol. The van der Waals surface area contributed by atoms with E-state index in [1.165, 1.54) is 10.5 Å². The number of aryl methyl sites for hydroxylation is 2. The second kappa shape index (κ2) is 18.3. The van der Waals surface area contributed by atoms with Gasteiger partial charge in [-0.1, -0.05) is 89.9 Å². The summed E-state index contributed by atoms with van der Waals surface area (Å²) < 4.78 is 18.8. The number of fused-ring (bicyclic) bond motifs is 3. The summed E-state index contributed by atoms with van der Waals surface area (Å²) in [6, 6.07) is 31.5. The Kier molecular flexibility index (Phi) is 12.2. The van der Waals surface area contributed by atoms with Gasteiger partial charge in [-0.05, 0) is 125 Å². The molecular formula is C51H46Cl2N4O7. The number of benzene rings is 5. The number of carbonyl (C=O) groups is 3. The van der Waals surface area contributed by atoms with Crippen molar-refractivity contribution in [1.82, 2.24) is 20.5 Å². The third kappa shape index (κ3) is 9.09. The van der Waals surface area contributed by atoms with Gasteiger partial charge in [0.05, 0.1) is 16.1 Å². The molecule has 326 valence electrons. The third-order valence-electron chi connectivity index (χ3n) is 12.5. The monoisotopic (exact) mass is 896 g/mol. The van der Waals surface area contributed by atoms with Crippen molar-refractivity contribution >= 4 is 41.1 Å². The van der Waals surface area contributed by atoms with Crippen LogP contribution in [0.5, 0.6) is 17.2 Å². The van der Waals surface area contributed by atoms with Crippen LogP contribution in [0.3, 0.4) is 0 Å². The summed E-state index contributed by atoms with van der Waals surface area (Å²) in [5.74, 6) is -0.00455. The molecule has 6 aromatic rings. The highest BCUT2D eigenvalue weighted by Crippen LogP contribution is 2.41. The Hall–Kier alpha value is -6.56. The number of nitrogens with zero attached hydrogens (tertiary/aromatic N) is 2. The van der Waals surface area contributed by atoms with Gasteiger partial charge in [0.25, 0.3) is 0 Å². The van der Waals surface area contributed by atoms with Crippen LogP contribution in [0.25, 0.3) is 11.1 Å². The van der Waals surface area contributed by atoms with Crippen molar-refractivity contribution in [3.8, 4) is 28.4 Å². The van der Waals surface area contributed by atoms with Gasteiger partial charge >= 0.3 is 12.0 Å². The molecule has 1 unspecified atom stereocenters. The summed E-state index contributed by atoms with van der Waals surface area (Å²) in [5.41, 5.74) is 10.4. The molecule has 0 spiro atoms. The summed E-state index contributed by atoms with van der Waals surface area (Å²) in [4.78, 5) is 47.3.